The van der Waals surface area contributed by atoms with Gasteiger partial charge in [0, 0.05) is 23.1 Å². The lowest BCUT2D eigenvalue weighted by molar-refractivity contribution is 0.0955. The number of nitrogens with one attached hydrogen (secondary N) is 2. The molecular formula is C15H18BrN5O2. The van der Waals surface area contributed by atoms with Gasteiger partial charge in [-0.1, -0.05) is 12.8 Å². The largest absolute Gasteiger partial charge is 0.391 e. The van der Waals surface area contributed by atoms with E-state index in [9.17, 15) is 9.90 Å². The summed E-state index contributed by atoms with van der Waals surface area (Å²) in [7, 11) is 0. The first-order valence-corrected chi connectivity index (χ1v) is 8.34. The lowest BCUT2D eigenvalue weighted by Crippen LogP contribution is -2.46. The van der Waals surface area contributed by atoms with Gasteiger partial charge in [0.05, 0.1) is 17.8 Å². The van der Waals surface area contributed by atoms with Gasteiger partial charge in [-0.05, 0) is 40.9 Å². The van der Waals surface area contributed by atoms with Gasteiger partial charge in [-0.25, -0.2) is 14.5 Å². The van der Waals surface area contributed by atoms with E-state index in [0.717, 1.165) is 30.2 Å². The predicted molar refractivity (Wildman–Crippen MR) is 89.5 cm³/mol. The normalized spacial score (nSPS) is 21.0. The van der Waals surface area contributed by atoms with Crippen molar-refractivity contribution in [2.75, 3.05) is 5.32 Å². The molecule has 0 radical (unpaired) electrons. The molecule has 7 nitrogen and oxygen atoms in total. The van der Waals surface area contributed by atoms with Gasteiger partial charge in [0.15, 0.2) is 5.82 Å². The topological polar surface area (TPSA) is 92.1 Å². The number of amides is 2. The smallest absolute Gasteiger partial charge is 0.319 e. The summed E-state index contributed by atoms with van der Waals surface area (Å²) in [5, 5.41) is 19.7. The molecule has 0 saturated heterocycles. The zero-order valence-electron chi connectivity index (χ0n) is 12.4. The number of rotatable bonds is 3. The predicted octanol–water partition coefficient (Wildman–Crippen LogP) is 2.45. The number of aromatic nitrogens is 3. The van der Waals surface area contributed by atoms with Crippen LogP contribution in [0.5, 0.6) is 0 Å². The first kappa shape index (κ1) is 15.9. The van der Waals surface area contributed by atoms with E-state index in [2.05, 4.69) is 36.6 Å². The number of aliphatic hydroxyl groups is 1. The fourth-order valence-corrected chi connectivity index (χ4v) is 3.04. The van der Waals surface area contributed by atoms with Gasteiger partial charge in [-0.15, -0.1) is 0 Å². The van der Waals surface area contributed by atoms with Crippen LogP contribution in [-0.4, -0.2) is 38.0 Å². The van der Waals surface area contributed by atoms with Gasteiger partial charge in [0.1, 0.15) is 0 Å². The second-order valence-corrected chi connectivity index (χ2v) is 6.45. The minimum absolute atomic E-state index is 0.211. The summed E-state index contributed by atoms with van der Waals surface area (Å²) in [4.78, 5) is 16.6. The molecule has 8 heteroatoms. The van der Waals surface area contributed by atoms with Crippen LogP contribution in [-0.2, 0) is 0 Å². The monoisotopic (exact) mass is 379 g/mol. The first-order chi connectivity index (χ1) is 11.1. The molecular weight excluding hydrogens is 362 g/mol. The number of anilines is 1. The number of carbonyl (C=O) groups is 1. The molecule has 3 rings (SSSR count). The molecule has 122 valence electrons. The Kier molecular flexibility index (Phi) is 4.92. The summed E-state index contributed by atoms with van der Waals surface area (Å²) >= 11 is 3.35. The molecule has 1 saturated carbocycles. The van der Waals surface area contributed by atoms with Crippen molar-refractivity contribution in [1.29, 1.82) is 0 Å². The molecule has 1 aliphatic carbocycles. The van der Waals surface area contributed by atoms with Crippen LogP contribution in [0.2, 0.25) is 0 Å². The fourth-order valence-electron chi connectivity index (χ4n) is 2.71. The van der Waals surface area contributed by atoms with Crippen molar-refractivity contribution in [3.05, 3.63) is 35.2 Å². The summed E-state index contributed by atoms with van der Waals surface area (Å²) in [5.41, 5.74) is 0.533. The average Bonchev–Trinajstić information content (AvgIpc) is 3.04. The highest BCUT2D eigenvalue weighted by Crippen LogP contribution is 2.22. The third-order valence-corrected chi connectivity index (χ3v) is 4.28. The first-order valence-electron chi connectivity index (χ1n) is 7.54. The lowest BCUT2D eigenvalue weighted by atomic mass is 9.93. The molecule has 2 aromatic heterocycles. The van der Waals surface area contributed by atoms with Gasteiger partial charge in [0.25, 0.3) is 0 Å². The number of aliphatic hydroxyl groups excluding tert-OH is 1. The van der Waals surface area contributed by atoms with Gasteiger partial charge in [-0.3, -0.25) is 0 Å². The Morgan fingerprint density at radius 3 is 2.96 bits per heavy atom. The molecule has 0 aliphatic heterocycles. The number of pyridine rings is 1. The van der Waals surface area contributed by atoms with Crippen molar-refractivity contribution in [2.24, 2.45) is 0 Å². The van der Waals surface area contributed by atoms with Crippen LogP contribution in [0.25, 0.3) is 5.82 Å². The van der Waals surface area contributed by atoms with Crippen LogP contribution < -0.4 is 10.6 Å². The van der Waals surface area contributed by atoms with Crippen molar-refractivity contribution in [3.8, 4) is 5.82 Å². The minimum atomic E-state index is -0.485. The van der Waals surface area contributed by atoms with Crippen LogP contribution in [0.4, 0.5) is 10.5 Å². The Morgan fingerprint density at radius 2 is 2.22 bits per heavy atom. The van der Waals surface area contributed by atoms with E-state index in [4.69, 9.17) is 0 Å². The summed E-state index contributed by atoms with van der Waals surface area (Å²) in [6.07, 6.45) is 8.08. The van der Waals surface area contributed by atoms with Crippen LogP contribution in [0.3, 0.4) is 0 Å². The highest BCUT2D eigenvalue weighted by atomic mass is 79.9. The SMILES string of the molecule is O=C(Nc1cc(Br)cnc1-n1cccn1)N[C@@H]1CCCC[C@H]1O. The molecule has 23 heavy (non-hydrogen) atoms. The molecule has 1 fully saturated rings. The van der Waals surface area contributed by atoms with Crippen molar-refractivity contribution in [2.45, 2.75) is 37.8 Å². The van der Waals surface area contributed by atoms with E-state index in [1.807, 2.05) is 0 Å². The molecule has 2 aromatic rings. The van der Waals surface area contributed by atoms with Crippen molar-refractivity contribution in [3.63, 3.8) is 0 Å². The second kappa shape index (κ2) is 7.10. The van der Waals surface area contributed by atoms with Crippen molar-refractivity contribution < 1.29 is 9.90 Å². The molecule has 0 bridgehead atoms. The minimum Gasteiger partial charge on any atom is -0.391 e. The summed E-state index contributed by atoms with van der Waals surface area (Å²) in [5.74, 6) is 0.526. The number of hydrogen-bond acceptors (Lipinski definition) is 4. The van der Waals surface area contributed by atoms with Crippen molar-refractivity contribution >= 4 is 27.6 Å². The van der Waals surface area contributed by atoms with Crippen LogP contribution in [0.15, 0.2) is 35.2 Å². The quantitative estimate of drug-likeness (QED) is 0.763. The Bertz CT molecular complexity index is 677. The van der Waals surface area contributed by atoms with Gasteiger partial charge in [0.2, 0.25) is 0 Å². The maximum absolute atomic E-state index is 12.3. The molecule has 2 heterocycles. The third-order valence-electron chi connectivity index (χ3n) is 3.85. The fraction of sp³-hybridized carbons (Fsp3) is 0.400. The summed E-state index contributed by atoms with van der Waals surface area (Å²) in [6, 6.07) is 2.98. The number of carbonyl (C=O) groups excluding carboxylic acids is 1. The van der Waals surface area contributed by atoms with Crippen molar-refractivity contribution in [1.82, 2.24) is 20.1 Å². The molecule has 0 unspecified atom stereocenters. The van der Waals surface area contributed by atoms with E-state index >= 15 is 0 Å². The highest BCUT2D eigenvalue weighted by molar-refractivity contribution is 9.10. The number of urea groups is 1. The summed E-state index contributed by atoms with van der Waals surface area (Å²) < 4.78 is 2.33. The van der Waals surface area contributed by atoms with E-state index in [1.165, 1.54) is 0 Å². The Morgan fingerprint density at radius 1 is 1.39 bits per heavy atom. The second-order valence-electron chi connectivity index (χ2n) is 5.53. The lowest BCUT2D eigenvalue weighted by Gasteiger charge is -2.28. The van der Waals surface area contributed by atoms with E-state index in [-0.39, 0.29) is 12.1 Å². The Labute approximate surface area is 142 Å². The average molecular weight is 380 g/mol. The number of halogens is 1. The molecule has 1 aliphatic rings. The zero-order valence-corrected chi connectivity index (χ0v) is 14.0. The molecule has 0 spiro atoms. The van der Waals surface area contributed by atoms with Gasteiger partial charge < -0.3 is 15.7 Å². The molecule has 0 aromatic carbocycles. The highest BCUT2D eigenvalue weighted by Gasteiger charge is 2.24. The van der Waals surface area contributed by atoms with E-state index in [0.29, 0.717) is 11.5 Å². The van der Waals surface area contributed by atoms with E-state index in [1.54, 1.807) is 35.4 Å². The van der Waals surface area contributed by atoms with Gasteiger partial charge in [-0.2, -0.15) is 5.10 Å². The number of nitrogens with zero attached hydrogens (tertiary/aromatic N) is 3. The number of hydrogen-bond donors (Lipinski definition) is 3. The molecule has 2 amide bonds. The van der Waals surface area contributed by atoms with Crippen LogP contribution in [0, 0.1) is 0 Å². The summed E-state index contributed by atoms with van der Waals surface area (Å²) in [6.45, 7) is 0. The maximum atomic E-state index is 12.3. The maximum Gasteiger partial charge on any atom is 0.319 e. The van der Waals surface area contributed by atoms with Gasteiger partial charge >= 0.3 is 6.03 Å². The van der Waals surface area contributed by atoms with Crippen LogP contribution in [0.1, 0.15) is 25.7 Å². The zero-order chi connectivity index (χ0) is 16.2. The Hall–Kier alpha value is -1.93. The molecule has 2 atom stereocenters. The Balaban J connectivity index is 1.74. The standard InChI is InChI=1S/C15H18BrN5O2/c16-10-8-12(14(17-9-10)21-7-3-6-18-21)20-15(23)19-11-4-1-2-5-13(11)22/h3,6-9,11,13,22H,1-2,4-5H2,(H2,19,20,23)/t11-,13-/m1/s1. The third kappa shape index (κ3) is 3.89. The van der Waals surface area contributed by atoms with Crippen LogP contribution >= 0.6 is 15.9 Å². The molecule has 3 N–H and O–H groups in total. The van der Waals surface area contributed by atoms with E-state index < -0.39 is 6.10 Å².